The zero-order valence-corrected chi connectivity index (χ0v) is 10.6. The van der Waals surface area contributed by atoms with Gasteiger partial charge in [0.2, 0.25) is 0 Å². The Morgan fingerprint density at radius 1 is 1.22 bits per heavy atom. The van der Waals surface area contributed by atoms with E-state index in [0.29, 0.717) is 22.0 Å². The number of anilines is 3. The maximum Gasteiger partial charge on any atom is 0.0992 e. The molecular formula is C14H12ClN3. The van der Waals surface area contributed by atoms with Gasteiger partial charge in [0.25, 0.3) is 0 Å². The van der Waals surface area contributed by atoms with Crippen molar-refractivity contribution in [2.75, 3.05) is 11.1 Å². The lowest BCUT2D eigenvalue weighted by molar-refractivity contribution is 1.44. The normalized spacial score (nSPS) is 9.83. The number of benzene rings is 2. The SMILES string of the molecule is Cc1cc(N)cc(Nc2cc(C#N)ccc2Cl)c1. The summed E-state index contributed by atoms with van der Waals surface area (Å²) in [4.78, 5) is 0. The Morgan fingerprint density at radius 2 is 2.00 bits per heavy atom. The Bertz CT molecular complexity index is 609. The molecule has 0 aliphatic rings. The summed E-state index contributed by atoms with van der Waals surface area (Å²) < 4.78 is 0. The van der Waals surface area contributed by atoms with Gasteiger partial charge >= 0.3 is 0 Å². The van der Waals surface area contributed by atoms with Crippen molar-refractivity contribution in [2.45, 2.75) is 6.92 Å². The minimum atomic E-state index is 0.558. The summed E-state index contributed by atoms with van der Waals surface area (Å²) >= 11 is 6.08. The summed E-state index contributed by atoms with van der Waals surface area (Å²) in [6.07, 6.45) is 0. The molecule has 0 heterocycles. The van der Waals surface area contributed by atoms with Gasteiger partial charge in [0.05, 0.1) is 22.3 Å². The predicted molar refractivity (Wildman–Crippen MR) is 75.0 cm³/mol. The van der Waals surface area contributed by atoms with Crippen LogP contribution in [0.1, 0.15) is 11.1 Å². The maximum atomic E-state index is 8.87. The van der Waals surface area contributed by atoms with Crippen molar-refractivity contribution in [1.82, 2.24) is 0 Å². The van der Waals surface area contributed by atoms with Crippen LogP contribution < -0.4 is 11.1 Å². The zero-order chi connectivity index (χ0) is 13.1. The first-order valence-electron chi connectivity index (χ1n) is 5.42. The van der Waals surface area contributed by atoms with Gasteiger partial charge in [-0.25, -0.2) is 0 Å². The minimum Gasteiger partial charge on any atom is -0.399 e. The number of nitrogens with two attached hydrogens (primary N) is 1. The van der Waals surface area contributed by atoms with Gasteiger partial charge in [-0.15, -0.1) is 0 Å². The molecular weight excluding hydrogens is 246 g/mol. The molecule has 0 fully saturated rings. The van der Waals surface area contributed by atoms with Crippen LogP contribution in [0.4, 0.5) is 17.1 Å². The molecule has 0 aliphatic heterocycles. The number of hydrogen-bond acceptors (Lipinski definition) is 3. The van der Waals surface area contributed by atoms with Crippen molar-refractivity contribution in [3.63, 3.8) is 0 Å². The topological polar surface area (TPSA) is 61.8 Å². The molecule has 4 heteroatoms. The maximum absolute atomic E-state index is 8.87. The standard InChI is InChI=1S/C14H12ClN3/c1-9-4-11(17)7-12(5-9)18-14-6-10(8-16)2-3-13(14)15/h2-7,18H,17H2,1H3. The van der Waals surface area contributed by atoms with E-state index in [2.05, 4.69) is 11.4 Å². The van der Waals surface area contributed by atoms with Gasteiger partial charge in [-0.3, -0.25) is 0 Å². The molecule has 3 nitrogen and oxygen atoms in total. The van der Waals surface area contributed by atoms with Crippen molar-refractivity contribution in [3.8, 4) is 6.07 Å². The highest BCUT2D eigenvalue weighted by atomic mass is 35.5. The van der Waals surface area contributed by atoms with E-state index in [4.69, 9.17) is 22.6 Å². The third kappa shape index (κ3) is 2.73. The van der Waals surface area contributed by atoms with Crippen molar-refractivity contribution in [3.05, 3.63) is 52.5 Å². The molecule has 0 atom stereocenters. The first-order valence-corrected chi connectivity index (χ1v) is 5.80. The average molecular weight is 258 g/mol. The monoisotopic (exact) mass is 257 g/mol. The first kappa shape index (κ1) is 12.3. The molecule has 2 rings (SSSR count). The van der Waals surface area contributed by atoms with Gasteiger partial charge in [-0.2, -0.15) is 5.26 Å². The van der Waals surface area contributed by atoms with Crippen molar-refractivity contribution in [1.29, 1.82) is 5.26 Å². The van der Waals surface area contributed by atoms with Gasteiger partial charge in [0.1, 0.15) is 0 Å². The fraction of sp³-hybridized carbons (Fsp3) is 0.0714. The van der Waals surface area contributed by atoms with Crippen LogP contribution in [0.15, 0.2) is 36.4 Å². The van der Waals surface area contributed by atoms with E-state index in [-0.39, 0.29) is 0 Å². The molecule has 0 saturated carbocycles. The van der Waals surface area contributed by atoms with E-state index in [9.17, 15) is 0 Å². The number of nitrogens with one attached hydrogen (secondary N) is 1. The lowest BCUT2D eigenvalue weighted by atomic mass is 10.1. The van der Waals surface area contributed by atoms with Crippen LogP contribution >= 0.6 is 11.6 Å². The highest BCUT2D eigenvalue weighted by Crippen LogP contribution is 2.27. The molecule has 0 aromatic heterocycles. The summed E-state index contributed by atoms with van der Waals surface area (Å²) in [6, 6.07) is 12.8. The van der Waals surface area contributed by atoms with Crippen LogP contribution in [0, 0.1) is 18.3 Å². The second-order valence-electron chi connectivity index (χ2n) is 4.06. The Labute approximate surface area is 111 Å². The molecule has 0 amide bonds. The smallest absolute Gasteiger partial charge is 0.0992 e. The molecule has 0 saturated heterocycles. The van der Waals surface area contributed by atoms with E-state index < -0.39 is 0 Å². The molecule has 0 aliphatic carbocycles. The molecule has 0 unspecified atom stereocenters. The van der Waals surface area contributed by atoms with Crippen LogP contribution in [0.5, 0.6) is 0 Å². The van der Waals surface area contributed by atoms with Crippen LogP contribution in [-0.2, 0) is 0 Å². The Hall–Kier alpha value is -2.18. The van der Waals surface area contributed by atoms with Crippen molar-refractivity contribution >= 4 is 28.7 Å². The van der Waals surface area contributed by atoms with Gasteiger partial charge in [0.15, 0.2) is 0 Å². The summed E-state index contributed by atoms with van der Waals surface area (Å²) in [5.74, 6) is 0. The summed E-state index contributed by atoms with van der Waals surface area (Å²) in [6.45, 7) is 1.97. The fourth-order valence-electron chi connectivity index (χ4n) is 1.73. The lowest BCUT2D eigenvalue weighted by Crippen LogP contribution is -1.95. The highest BCUT2D eigenvalue weighted by molar-refractivity contribution is 6.33. The van der Waals surface area contributed by atoms with Gasteiger partial charge in [0, 0.05) is 11.4 Å². The van der Waals surface area contributed by atoms with Crippen LogP contribution in [0.2, 0.25) is 5.02 Å². The Balaban J connectivity index is 2.36. The average Bonchev–Trinajstić information content (AvgIpc) is 2.30. The van der Waals surface area contributed by atoms with Crippen molar-refractivity contribution in [2.24, 2.45) is 0 Å². The minimum absolute atomic E-state index is 0.558. The molecule has 0 bridgehead atoms. The number of nitriles is 1. The van der Waals surface area contributed by atoms with E-state index in [0.717, 1.165) is 11.3 Å². The van der Waals surface area contributed by atoms with Crippen LogP contribution in [0.3, 0.4) is 0 Å². The molecule has 0 radical (unpaired) electrons. The summed E-state index contributed by atoms with van der Waals surface area (Å²) in [5.41, 5.74) is 9.63. The number of halogens is 1. The van der Waals surface area contributed by atoms with Gasteiger partial charge in [-0.05, 0) is 48.9 Å². The molecule has 3 N–H and O–H groups in total. The highest BCUT2D eigenvalue weighted by Gasteiger charge is 2.03. The van der Waals surface area contributed by atoms with Crippen LogP contribution in [0.25, 0.3) is 0 Å². The second-order valence-corrected chi connectivity index (χ2v) is 4.47. The van der Waals surface area contributed by atoms with E-state index in [1.165, 1.54) is 0 Å². The summed E-state index contributed by atoms with van der Waals surface area (Å²) in [7, 11) is 0. The molecule has 0 spiro atoms. The fourth-order valence-corrected chi connectivity index (χ4v) is 1.90. The lowest BCUT2D eigenvalue weighted by Gasteiger charge is -2.10. The number of hydrogen-bond donors (Lipinski definition) is 2. The van der Waals surface area contributed by atoms with E-state index in [1.54, 1.807) is 18.2 Å². The zero-order valence-electron chi connectivity index (χ0n) is 9.87. The van der Waals surface area contributed by atoms with E-state index >= 15 is 0 Å². The molecule has 90 valence electrons. The third-order valence-corrected chi connectivity index (χ3v) is 2.80. The second kappa shape index (κ2) is 4.99. The molecule has 2 aromatic rings. The van der Waals surface area contributed by atoms with E-state index in [1.807, 2.05) is 25.1 Å². The first-order chi connectivity index (χ1) is 8.58. The Morgan fingerprint density at radius 3 is 2.67 bits per heavy atom. The van der Waals surface area contributed by atoms with Gasteiger partial charge in [-0.1, -0.05) is 11.6 Å². The summed E-state index contributed by atoms with van der Waals surface area (Å²) in [5, 5.41) is 12.6. The molecule has 18 heavy (non-hydrogen) atoms. The predicted octanol–water partition coefficient (Wildman–Crippen LogP) is 3.85. The quantitative estimate of drug-likeness (QED) is 0.804. The largest absolute Gasteiger partial charge is 0.399 e. The number of nitrogen functional groups attached to an aromatic ring is 1. The third-order valence-electron chi connectivity index (χ3n) is 2.47. The number of rotatable bonds is 2. The number of aryl methyl sites for hydroxylation is 1. The van der Waals surface area contributed by atoms with Crippen LogP contribution in [-0.4, -0.2) is 0 Å². The molecule has 2 aromatic carbocycles. The number of nitrogens with zero attached hydrogens (tertiary/aromatic N) is 1. The van der Waals surface area contributed by atoms with Crippen molar-refractivity contribution < 1.29 is 0 Å². The van der Waals surface area contributed by atoms with Gasteiger partial charge < -0.3 is 11.1 Å². The Kier molecular flexibility index (Phi) is 3.40.